The second-order valence-electron chi connectivity index (χ2n) is 3.50. The van der Waals surface area contributed by atoms with Gasteiger partial charge in [-0.1, -0.05) is 22.9 Å². The minimum absolute atomic E-state index is 0.365. The Labute approximate surface area is 94.0 Å². The molecule has 0 spiro atoms. The topological polar surface area (TPSA) is 38.0 Å². The van der Waals surface area contributed by atoms with Crippen molar-refractivity contribution in [2.75, 3.05) is 11.9 Å². The highest BCUT2D eigenvalue weighted by Crippen LogP contribution is 2.19. The van der Waals surface area contributed by atoms with Crippen LogP contribution in [0.4, 0.5) is 5.69 Å². The molecule has 0 aliphatic heterocycles. The van der Waals surface area contributed by atoms with Crippen LogP contribution < -0.4 is 11.1 Å². The van der Waals surface area contributed by atoms with Gasteiger partial charge in [0.1, 0.15) is 0 Å². The summed E-state index contributed by atoms with van der Waals surface area (Å²) in [5, 5.41) is 3.40. The molecule has 1 rings (SSSR count). The fraction of sp³-hybridized carbons (Fsp3) is 0.455. The highest BCUT2D eigenvalue weighted by molar-refractivity contribution is 9.10. The predicted molar refractivity (Wildman–Crippen MR) is 65.6 cm³/mol. The van der Waals surface area contributed by atoms with Gasteiger partial charge in [0.2, 0.25) is 0 Å². The highest BCUT2D eigenvalue weighted by Gasteiger charge is 2.03. The molecule has 3 heteroatoms. The molecule has 0 radical (unpaired) electrons. The van der Waals surface area contributed by atoms with Crippen molar-refractivity contribution in [1.29, 1.82) is 0 Å². The largest absolute Gasteiger partial charge is 0.381 e. The molecule has 1 atom stereocenters. The first-order valence-corrected chi connectivity index (χ1v) is 5.68. The fourth-order valence-corrected chi connectivity index (χ4v) is 1.99. The molecule has 0 bridgehead atoms. The Balaban J connectivity index is 2.75. The minimum Gasteiger partial charge on any atom is -0.381 e. The second-order valence-corrected chi connectivity index (χ2v) is 4.42. The van der Waals surface area contributed by atoms with Gasteiger partial charge in [-0.15, -0.1) is 0 Å². The number of aryl methyl sites for hydroxylation is 1. The SMILES string of the molecule is CCC(CN)Nc1cc(C)cc(Br)c1. The first-order chi connectivity index (χ1) is 6.65. The van der Waals surface area contributed by atoms with Gasteiger partial charge < -0.3 is 11.1 Å². The maximum atomic E-state index is 5.63. The number of anilines is 1. The summed E-state index contributed by atoms with van der Waals surface area (Å²) >= 11 is 3.48. The lowest BCUT2D eigenvalue weighted by atomic mass is 10.2. The van der Waals surface area contributed by atoms with E-state index in [-0.39, 0.29) is 0 Å². The molecule has 1 aromatic carbocycles. The number of benzene rings is 1. The van der Waals surface area contributed by atoms with E-state index in [1.54, 1.807) is 0 Å². The quantitative estimate of drug-likeness (QED) is 0.870. The monoisotopic (exact) mass is 256 g/mol. The Hall–Kier alpha value is -0.540. The summed E-state index contributed by atoms with van der Waals surface area (Å²) in [5.74, 6) is 0. The summed E-state index contributed by atoms with van der Waals surface area (Å²) in [6.45, 7) is 4.89. The average molecular weight is 257 g/mol. The van der Waals surface area contributed by atoms with Gasteiger partial charge in [-0.05, 0) is 37.1 Å². The van der Waals surface area contributed by atoms with Gasteiger partial charge >= 0.3 is 0 Å². The summed E-state index contributed by atoms with van der Waals surface area (Å²) in [5.41, 5.74) is 8.01. The first kappa shape index (κ1) is 11.5. The van der Waals surface area contributed by atoms with E-state index in [9.17, 15) is 0 Å². The smallest absolute Gasteiger partial charge is 0.0381 e. The van der Waals surface area contributed by atoms with E-state index in [0.29, 0.717) is 12.6 Å². The van der Waals surface area contributed by atoms with Gasteiger partial charge in [-0.3, -0.25) is 0 Å². The van der Waals surface area contributed by atoms with E-state index in [1.165, 1.54) is 5.56 Å². The molecular weight excluding hydrogens is 240 g/mol. The average Bonchev–Trinajstić information content (AvgIpc) is 2.12. The van der Waals surface area contributed by atoms with E-state index < -0.39 is 0 Å². The lowest BCUT2D eigenvalue weighted by molar-refractivity contribution is 0.703. The number of hydrogen-bond acceptors (Lipinski definition) is 2. The van der Waals surface area contributed by atoms with Crippen molar-refractivity contribution >= 4 is 21.6 Å². The second kappa shape index (κ2) is 5.37. The van der Waals surface area contributed by atoms with Gasteiger partial charge in [0.25, 0.3) is 0 Å². The Bertz CT molecular complexity index is 275. The number of rotatable bonds is 4. The molecule has 14 heavy (non-hydrogen) atoms. The zero-order valence-corrected chi connectivity index (χ0v) is 10.3. The molecule has 0 saturated heterocycles. The molecule has 3 N–H and O–H groups in total. The van der Waals surface area contributed by atoms with Crippen LogP contribution in [0.15, 0.2) is 22.7 Å². The Kier molecular flexibility index (Phi) is 4.42. The Morgan fingerprint density at radius 2 is 2.14 bits per heavy atom. The Morgan fingerprint density at radius 3 is 2.64 bits per heavy atom. The van der Waals surface area contributed by atoms with Crippen LogP contribution in [0.1, 0.15) is 18.9 Å². The number of nitrogens with two attached hydrogens (primary N) is 1. The summed E-state index contributed by atoms with van der Waals surface area (Å²) in [6.07, 6.45) is 1.04. The summed E-state index contributed by atoms with van der Waals surface area (Å²) in [7, 11) is 0. The number of halogens is 1. The van der Waals surface area contributed by atoms with Crippen LogP contribution in [0.2, 0.25) is 0 Å². The van der Waals surface area contributed by atoms with Crippen LogP contribution in [0, 0.1) is 6.92 Å². The van der Waals surface area contributed by atoms with Gasteiger partial charge in [0, 0.05) is 22.7 Å². The van der Waals surface area contributed by atoms with E-state index in [2.05, 4.69) is 53.3 Å². The van der Waals surface area contributed by atoms with Gasteiger partial charge in [0.15, 0.2) is 0 Å². The third kappa shape index (κ3) is 3.31. The van der Waals surface area contributed by atoms with Crippen LogP contribution in [-0.4, -0.2) is 12.6 Å². The molecule has 0 aromatic heterocycles. The van der Waals surface area contributed by atoms with Crippen molar-refractivity contribution in [3.05, 3.63) is 28.2 Å². The first-order valence-electron chi connectivity index (χ1n) is 4.89. The van der Waals surface area contributed by atoms with Gasteiger partial charge in [-0.2, -0.15) is 0 Å². The molecule has 0 fully saturated rings. The van der Waals surface area contributed by atoms with E-state index >= 15 is 0 Å². The predicted octanol–water partition coefficient (Wildman–Crippen LogP) is 2.91. The van der Waals surface area contributed by atoms with Crippen LogP contribution in [0.3, 0.4) is 0 Å². The van der Waals surface area contributed by atoms with Crippen molar-refractivity contribution in [2.45, 2.75) is 26.3 Å². The summed E-state index contributed by atoms with van der Waals surface area (Å²) < 4.78 is 1.10. The fourth-order valence-electron chi connectivity index (χ4n) is 1.38. The molecule has 0 aliphatic rings. The third-order valence-electron chi connectivity index (χ3n) is 2.19. The van der Waals surface area contributed by atoms with Crippen molar-refractivity contribution in [3.63, 3.8) is 0 Å². The molecule has 0 heterocycles. The molecule has 78 valence electrons. The summed E-state index contributed by atoms with van der Waals surface area (Å²) in [4.78, 5) is 0. The standard InChI is InChI=1S/C11H17BrN2/c1-3-10(7-13)14-11-5-8(2)4-9(12)6-11/h4-6,10,14H,3,7,13H2,1-2H3. The lowest BCUT2D eigenvalue weighted by Gasteiger charge is -2.16. The van der Waals surface area contributed by atoms with Gasteiger partial charge in [0.05, 0.1) is 0 Å². The van der Waals surface area contributed by atoms with E-state index in [0.717, 1.165) is 16.6 Å². The van der Waals surface area contributed by atoms with Crippen molar-refractivity contribution in [3.8, 4) is 0 Å². The molecule has 2 nitrogen and oxygen atoms in total. The Morgan fingerprint density at radius 1 is 1.43 bits per heavy atom. The third-order valence-corrected chi connectivity index (χ3v) is 2.65. The highest BCUT2D eigenvalue weighted by atomic mass is 79.9. The van der Waals surface area contributed by atoms with E-state index in [1.807, 2.05) is 0 Å². The normalized spacial score (nSPS) is 12.6. The summed E-state index contributed by atoms with van der Waals surface area (Å²) in [6, 6.07) is 6.66. The van der Waals surface area contributed by atoms with Gasteiger partial charge in [-0.25, -0.2) is 0 Å². The number of hydrogen-bond donors (Lipinski definition) is 2. The zero-order chi connectivity index (χ0) is 10.6. The van der Waals surface area contributed by atoms with Crippen LogP contribution >= 0.6 is 15.9 Å². The molecule has 0 saturated carbocycles. The van der Waals surface area contributed by atoms with Crippen LogP contribution in [0.25, 0.3) is 0 Å². The zero-order valence-electron chi connectivity index (χ0n) is 8.68. The van der Waals surface area contributed by atoms with Crippen molar-refractivity contribution < 1.29 is 0 Å². The molecule has 1 aromatic rings. The van der Waals surface area contributed by atoms with Crippen molar-refractivity contribution in [2.24, 2.45) is 5.73 Å². The minimum atomic E-state index is 0.365. The number of nitrogens with one attached hydrogen (secondary N) is 1. The molecule has 0 aliphatic carbocycles. The molecule has 1 unspecified atom stereocenters. The maximum absolute atomic E-state index is 5.63. The lowest BCUT2D eigenvalue weighted by Crippen LogP contribution is -2.27. The molecule has 0 amide bonds. The van der Waals surface area contributed by atoms with Crippen LogP contribution in [0.5, 0.6) is 0 Å². The van der Waals surface area contributed by atoms with Crippen LogP contribution in [-0.2, 0) is 0 Å². The molecular formula is C11H17BrN2. The van der Waals surface area contributed by atoms with E-state index in [4.69, 9.17) is 5.73 Å². The van der Waals surface area contributed by atoms with Crippen molar-refractivity contribution in [1.82, 2.24) is 0 Å². The maximum Gasteiger partial charge on any atom is 0.0381 e.